The van der Waals surface area contributed by atoms with Crippen molar-refractivity contribution in [1.29, 1.82) is 0 Å². The number of hydrogen-bond acceptors (Lipinski definition) is 2. The number of aryl methyl sites for hydroxylation is 1. The van der Waals surface area contributed by atoms with Crippen LogP contribution in [0.25, 0.3) is 21.5 Å². The van der Waals surface area contributed by atoms with Crippen molar-refractivity contribution in [3.05, 3.63) is 125 Å². The van der Waals surface area contributed by atoms with E-state index in [0.29, 0.717) is 17.7 Å². The van der Waals surface area contributed by atoms with Crippen LogP contribution in [-0.2, 0) is 16.9 Å². The molecule has 0 aliphatic carbocycles. The summed E-state index contributed by atoms with van der Waals surface area (Å²) in [6.45, 7) is 2.35. The molecule has 33 heavy (non-hydrogen) atoms. The highest BCUT2D eigenvalue weighted by atomic mass is 16.3. The van der Waals surface area contributed by atoms with Gasteiger partial charge >= 0.3 is 0 Å². The fraction of sp³-hybridized carbons (Fsp3) is 0.100. The van der Waals surface area contributed by atoms with Gasteiger partial charge in [0.05, 0.1) is 12.2 Å². The average Bonchev–Trinajstić information content (AvgIpc) is 3.06. The molecule has 3 heteroatoms. The maximum absolute atomic E-state index is 13.9. The quantitative estimate of drug-likeness (QED) is 0.353. The van der Waals surface area contributed by atoms with Gasteiger partial charge in [-0.25, -0.2) is 0 Å². The van der Waals surface area contributed by atoms with Gasteiger partial charge in [-0.3, -0.25) is 4.79 Å². The minimum atomic E-state index is -1.71. The lowest BCUT2D eigenvalue weighted by atomic mass is 9.87. The zero-order chi connectivity index (χ0) is 22.6. The number of nitrogens with zero attached hydrogens (tertiary/aromatic N) is 1. The second-order valence-electron chi connectivity index (χ2n) is 8.79. The Labute approximate surface area is 192 Å². The molecule has 0 bridgehead atoms. The van der Waals surface area contributed by atoms with Crippen LogP contribution in [0.2, 0.25) is 0 Å². The van der Waals surface area contributed by atoms with Crippen LogP contribution >= 0.6 is 0 Å². The van der Waals surface area contributed by atoms with Crippen LogP contribution in [0.3, 0.4) is 0 Å². The number of aliphatic hydroxyl groups is 1. The van der Waals surface area contributed by atoms with Crippen molar-refractivity contribution in [3.8, 4) is 0 Å². The molecule has 0 saturated heterocycles. The Hall–Kier alpha value is -3.95. The third-order valence-electron chi connectivity index (χ3n) is 6.77. The van der Waals surface area contributed by atoms with E-state index in [0.717, 1.165) is 38.4 Å². The van der Waals surface area contributed by atoms with Crippen molar-refractivity contribution in [2.75, 3.05) is 4.90 Å². The molecule has 0 fully saturated rings. The SMILES string of the molecule is Cc1cccc([C@@]2(O)C(=O)N(Cc3c4ccccc4cc4ccccc34)c3ccccc32)c1. The summed E-state index contributed by atoms with van der Waals surface area (Å²) in [5, 5.41) is 16.4. The number of para-hydroxylation sites is 1. The van der Waals surface area contributed by atoms with Crippen LogP contribution in [0.5, 0.6) is 0 Å². The molecule has 0 unspecified atom stereocenters. The van der Waals surface area contributed by atoms with Crippen molar-refractivity contribution in [2.24, 2.45) is 0 Å². The molecule has 0 saturated carbocycles. The zero-order valence-corrected chi connectivity index (χ0v) is 18.3. The van der Waals surface area contributed by atoms with Crippen LogP contribution < -0.4 is 4.90 Å². The Bertz CT molecular complexity index is 1500. The summed E-state index contributed by atoms with van der Waals surface area (Å²) in [6, 6.07) is 33.9. The van der Waals surface area contributed by atoms with Gasteiger partial charge in [0.1, 0.15) is 0 Å². The second-order valence-corrected chi connectivity index (χ2v) is 8.79. The molecule has 1 aliphatic heterocycles. The lowest BCUT2D eigenvalue weighted by Gasteiger charge is -2.25. The van der Waals surface area contributed by atoms with Crippen LogP contribution in [0.15, 0.2) is 103 Å². The first kappa shape index (κ1) is 19.7. The fourth-order valence-electron chi connectivity index (χ4n) is 5.18. The number of rotatable bonds is 3. The molecule has 1 atom stereocenters. The summed E-state index contributed by atoms with van der Waals surface area (Å²) < 4.78 is 0. The largest absolute Gasteiger partial charge is 0.372 e. The van der Waals surface area contributed by atoms with Crippen molar-refractivity contribution < 1.29 is 9.90 Å². The van der Waals surface area contributed by atoms with Gasteiger partial charge in [0.2, 0.25) is 0 Å². The van der Waals surface area contributed by atoms with Gasteiger partial charge in [0.15, 0.2) is 5.60 Å². The van der Waals surface area contributed by atoms with Crippen molar-refractivity contribution >= 4 is 33.1 Å². The molecular formula is C30H23NO2. The number of fused-ring (bicyclic) bond motifs is 3. The Balaban J connectivity index is 1.56. The predicted octanol–water partition coefficient (Wildman–Crippen LogP) is 6.08. The maximum atomic E-state index is 13.9. The van der Waals surface area contributed by atoms with Gasteiger partial charge in [0, 0.05) is 5.56 Å². The first-order chi connectivity index (χ1) is 16.1. The van der Waals surface area contributed by atoms with Crippen molar-refractivity contribution in [1.82, 2.24) is 0 Å². The third-order valence-corrected chi connectivity index (χ3v) is 6.77. The van der Waals surface area contributed by atoms with E-state index < -0.39 is 5.60 Å². The van der Waals surface area contributed by atoms with Crippen LogP contribution in [0.1, 0.15) is 22.3 Å². The Morgan fingerprint density at radius 1 is 0.758 bits per heavy atom. The summed E-state index contributed by atoms with van der Waals surface area (Å²) in [7, 11) is 0. The summed E-state index contributed by atoms with van der Waals surface area (Å²) >= 11 is 0. The molecule has 6 rings (SSSR count). The molecular weight excluding hydrogens is 406 g/mol. The predicted molar refractivity (Wildman–Crippen MR) is 133 cm³/mol. The summed E-state index contributed by atoms with van der Waals surface area (Å²) in [5.74, 6) is -0.314. The van der Waals surface area contributed by atoms with E-state index in [1.807, 2.05) is 79.7 Å². The minimum Gasteiger partial charge on any atom is -0.372 e. The monoisotopic (exact) mass is 429 g/mol. The highest BCUT2D eigenvalue weighted by molar-refractivity contribution is 6.10. The van der Waals surface area contributed by atoms with Gasteiger partial charge in [-0.05, 0) is 51.7 Å². The number of amides is 1. The van der Waals surface area contributed by atoms with Gasteiger partial charge in [-0.2, -0.15) is 0 Å². The standard InChI is InChI=1S/C30H23NO2/c1-20-9-8-12-23(17-20)30(33)27-15-6-7-16-28(27)31(29(30)32)19-26-24-13-4-2-10-21(24)18-22-11-3-5-14-25(22)26/h2-18,33H,19H2,1H3/t30-/m0/s1. The number of benzene rings is 5. The number of carbonyl (C=O) groups is 1. The summed E-state index contributed by atoms with van der Waals surface area (Å²) in [6.07, 6.45) is 0. The van der Waals surface area contributed by atoms with Crippen molar-refractivity contribution in [3.63, 3.8) is 0 Å². The van der Waals surface area contributed by atoms with E-state index in [2.05, 4.69) is 30.3 Å². The van der Waals surface area contributed by atoms with Crippen LogP contribution in [0, 0.1) is 6.92 Å². The first-order valence-corrected chi connectivity index (χ1v) is 11.2. The van der Waals surface area contributed by atoms with E-state index in [1.165, 1.54) is 0 Å². The highest BCUT2D eigenvalue weighted by Crippen LogP contribution is 2.45. The first-order valence-electron chi connectivity index (χ1n) is 11.2. The van der Waals surface area contributed by atoms with Gasteiger partial charge < -0.3 is 10.0 Å². The minimum absolute atomic E-state index is 0.314. The molecule has 5 aromatic rings. The molecule has 5 aromatic carbocycles. The maximum Gasteiger partial charge on any atom is 0.268 e. The van der Waals surface area contributed by atoms with Gasteiger partial charge in [-0.15, -0.1) is 0 Å². The molecule has 160 valence electrons. The fourth-order valence-corrected chi connectivity index (χ4v) is 5.18. The number of anilines is 1. The molecule has 1 aliphatic rings. The molecule has 0 aromatic heterocycles. The number of hydrogen-bond donors (Lipinski definition) is 1. The lowest BCUT2D eigenvalue weighted by molar-refractivity contribution is -0.132. The van der Waals surface area contributed by atoms with E-state index in [4.69, 9.17) is 0 Å². The van der Waals surface area contributed by atoms with E-state index in [1.54, 1.807) is 4.90 Å². The molecule has 1 heterocycles. The van der Waals surface area contributed by atoms with Crippen LogP contribution in [-0.4, -0.2) is 11.0 Å². The summed E-state index contributed by atoms with van der Waals surface area (Å²) in [4.78, 5) is 15.7. The normalized spacial score (nSPS) is 17.6. The molecule has 1 amide bonds. The summed E-state index contributed by atoms with van der Waals surface area (Å²) in [5.41, 5.74) is 2.37. The molecule has 0 spiro atoms. The third kappa shape index (κ3) is 2.90. The molecule has 3 nitrogen and oxygen atoms in total. The average molecular weight is 430 g/mol. The Morgan fingerprint density at radius 2 is 1.39 bits per heavy atom. The molecule has 0 radical (unpaired) electrons. The van der Waals surface area contributed by atoms with Crippen LogP contribution in [0.4, 0.5) is 5.69 Å². The van der Waals surface area contributed by atoms with Crippen molar-refractivity contribution in [2.45, 2.75) is 19.1 Å². The van der Waals surface area contributed by atoms with Gasteiger partial charge in [0.25, 0.3) is 5.91 Å². The number of carbonyl (C=O) groups excluding carboxylic acids is 1. The second kappa shape index (κ2) is 7.29. The smallest absolute Gasteiger partial charge is 0.268 e. The lowest BCUT2D eigenvalue weighted by Crippen LogP contribution is -2.41. The van der Waals surface area contributed by atoms with E-state index in [9.17, 15) is 9.90 Å². The Kier molecular flexibility index (Phi) is 4.36. The van der Waals surface area contributed by atoms with E-state index >= 15 is 0 Å². The zero-order valence-electron chi connectivity index (χ0n) is 18.3. The molecule has 1 N–H and O–H groups in total. The topological polar surface area (TPSA) is 40.5 Å². The van der Waals surface area contributed by atoms with E-state index in [-0.39, 0.29) is 5.91 Å². The van der Waals surface area contributed by atoms with Gasteiger partial charge in [-0.1, -0.05) is 96.6 Å². The highest BCUT2D eigenvalue weighted by Gasteiger charge is 2.51. The Morgan fingerprint density at radius 3 is 2.09 bits per heavy atom.